The van der Waals surface area contributed by atoms with Crippen LogP contribution < -0.4 is 10.1 Å². The Morgan fingerprint density at radius 1 is 0.931 bits per heavy atom. The molecule has 0 aliphatic carbocycles. The van der Waals surface area contributed by atoms with Crippen LogP contribution in [0, 0.1) is 5.82 Å². The Labute approximate surface area is 173 Å². The maximum atomic E-state index is 14.4. The lowest BCUT2D eigenvalue weighted by Gasteiger charge is -2.39. The first-order valence-electron chi connectivity index (χ1n) is 10.6. The van der Waals surface area contributed by atoms with E-state index in [-0.39, 0.29) is 11.7 Å². The Balaban J connectivity index is 1.30. The number of nitrogens with zero attached hydrogens (tertiary/aromatic N) is 3. The molecule has 0 bridgehead atoms. The van der Waals surface area contributed by atoms with E-state index in [9.17, 15) is 9.18 Å². The molecule has 0 aromatic heterocycles. The van der Waals surface area contributed by atoms with Gasteiger partial charge in [0.1, 0.15) is 13.9 Å². The highest BCUT2D eigenvalue weighted by Gasteiger charge is 2.39. The van der Waals surface area contributed by atoms with Gasteiger partial charge in [0.15, 0.2) is 0 Å². The minimum absolute atomic E-state index is 0.000205. The first-order chi connectivity index (χ1) is 14.0. The monoisotopic (exact) mass is 411 g/mol. The summed E-state index contributed by atoms with van der Waals surface area (Å²) in [5.41, 5.74) is 1.88. The van der Waals surface area contributed by atoms with Crippen molar-refractivity contribution < 1.29 is 9.18 Å². The number of halogens is 1. The fourth-order valence-corrected chi connectivity index (χ4v) is 7.79. The van der Waals surface area contributed by atoms with E-state index >= 15 is 0 Å². The van der Waals surface area contributed by atoms with Crippen LogP contribution in [0.4, 0.5) is 10.1 Å². The minimum Gasteiger partial charge on any atom is -0.369 e. The van der Waals surface area contributed by atoms with Crippen molar-refractivity contribution >= 4 is 24.9 Å². The molecule has 0 atom stereocenters. The van der Waals surface area contributed by atoms with Gasteiger partial charge in [0.2, 0.25) is 0 Å². The third kappa shape index (κ3) is 4.23. The molecule has 0 spiro atoms. The highest BCUT2D eigenvalue weighted by Crippen LogP contribution is 2.21. The third-order valence-corrected chi connectivity index (χ3v) is 9.22. The molecule has 2 aromatic rings. The van der Waals surface area contributed by atoms with E-state index < -0.39 is 8.07 Å². The van der Waals surface area contributed by atoms with Gasteiger partial charge in [0.25, 0.3) is 5.91 Å². The summed E-state index contributed by atoms with van der Waals surface area (Å²) in [5.74, 6) is -0.205. The quantitative estimate of drug-likeness (QED) is 0.708. The number of hydrogen-bond donors (Lipinski definition) is 0. The number of fused-ring (bicyclic) bond motifs is 1. The van der Waals surface area contributed by atoms with Crippen LogP contribution in [0.15, 0.2) is 48.5 Å². The summed E-state index contributed by atoms with van der Waals surface area (Å²) < 4.78 is 14.4. The summed E-state index contributed by atoms with van der Waals surface area (Å²) in [4.78, 5) is 19.8. The molecule has 6 heteroatoms. The van der Waals surface area contributed by atoms with E-state index in [1.165, 1.54) is 11.8 Å². The topological polar surface area (TPSA) is 26.8 Å². The number of anilines is 1. The van der Waals surface area contributed by atoms with Gasteiger partial charge in [-0.3, -0.25) is 9.69 Å². The van der Waals surface area contributed by atoms with Crippen LogP contribution >= 0.6 is 0 Å². The third-order valence-electron chi connectivity index (χ3n) is 6.19. The van der Waals surface area contributed by atoms with Gasteiger partial charge >= 0.3 is 0 Å². The number of carbonyl (C=O) groups is 1. The average molecular weight is 412 g/mol. The molecule has 0 N–H and O–H groups in total. The van der Waals surface area contributed by atoms with E-state index in [1.807, 2.05) is 4.90 Å². The second-order valence-electron chi connectivity index (χ2n) is 8.79. The van der Waals surface area contributed by atoms with E-state index in [1.54, 1.807) is 12.1 Å². The van der Waals surface area contributed by atoms with E-state index in [4.69, 9.17) is 0 Å². The first kappa shape index (κ1) is 20.1. The van der Waals surface area contributed by atoms with Crippen LogP contribution in [0.3, 0.4) is 0 Å². The smallest absolute Gasteiger partial charge is 0.253 e. The highest BCUT2D eigenvalue weighted by atomic mass is 28.3. The van der Waals surface area contributed by atoms with E-state index in [0.29, 0.717) is 16.9 Å². The molecule has 154 valence electrons. The Bertz CT molecular complexity index is 866. The van der Waals surface area contributed by atoms with Crippen molar-refractivity contribution in [1.29, 1.82) is 0 Å². The molecule has 2 aliphatic rings. The molecule has 1 saturated heterocycles. The van der Waals surface area contributed by atoms with Gasteiger partial charge in [0, 0.05) is 50.1 Å². The average Bonchev–Trinajstić information content (AvgIpc) is 2.72. The summed E-state index contributed by atoms with van der Waals surface area (Å²) in [6.45, 7) is 10.3. The molecule has 0 saturated carbocycles. The Morgan fingerprint density at radius 3 is 2.38 bits per heavy atom. The zero-order chi connectivity index (χ0) is 20.4. The normalized spacial score (nSPS) is 19.3. The largest absolute Gasteiger partial charge is 0.369 e. The number of piperazine rings is 1. The summed E-state index contributed by atoms with van der Waals surface area (Å²) in [5, 5.41) is 0.707. The Morgan fingerprint density at radius 2 is 1.66 bits per heavy atom. The van der Waals surface area contributed by atoms with Crippen molar-refractivity contribution in [1.82, 2.24) is 9.80 Å². The van der Waals surface area contributed by atoms with E-state index in [0.717, 1.165) is 45.7 Å². The maximum Gasteiger partial charge on any atom is 0.253 e. The van der Waals surface area contributed by atoms with Crippen molar-refractivity contribution in [2.45, 2.75) is 19.5 Å². The molecule has 0 radical (unpaired) electrons. The minimum atomic E-state index is -1.99. The first-order valence-corrected chi connectivity index (χ1v) is 13.8. The number of carbonyl (C=O) groups excluding carboxylic acids is 1. The number of para-hydroxylation sites is 1. The lowest BCUT2D eigenvalue weighted by atomic mass is 10.2. The molecule has 4 nitrogen and oxygen atoms in total. The number of amides is 1. The fourth-order valence-electron chi connectivity index (χ4n) is 4.72. The summed E-state index contributed by atoms with van der Waals surface area (Å²) >= 11 is 0. The second-order valence-corrected chi connectivity index (χ2v) is 13.4. The molecule has 0 unspecified atom stereocenters. The van der Waals surface area contributed by atoms with Gasteiger partial charge in [-0.15, -0.1) is 0 Å². The van der Waals surface area contributed by atoms with Crippen LogP contribution in [-0.2, 0) is 0 Å². The van der Waals surface area contributed by atoms with Gasteiger partial charge in [0.05, 0.1) is 0 Å². The van der Waals surface area contributed by atoms with Gasteiger partial charge in [-0.05, 0) is 42.4 Å². The molecule has 2 aliphatic heterocycles. The van der Waals surface area contributed by atoms with Gasteiger partial charge < -0.3 is 9.80 Å². The zero-order valence-corrected chi connectivity index (χ0v) is 18.4. The molecule has 1 amide bonds. The van der Waals surface area contributed by atoms with Crippen LogP contribution in [0.1, 0.15) is 16.8 Å². The number of rotatable bonds is 5. The summed E-state index contributed by atoms with van der Waals surface area (Å²) in [7, 11) is -1.99. The molecule has 2 heterocycles. The fraction of sp³-hybridized carbons (Fsp3) is 0.435. The highest BCUT2D eigenvalue weighted by molar-refractivity contribution is 6.91. The molecule has 1 fully saturated rings. The van der Waals surface area contributed by atoms with Crippen molar-refractivity contribution in [2.24, 2.45) is 0 Å². The molecule has 4 rings (SSSR count). The Kier molecular flexibility index (Phi) is 5.74. The van der Waals surface area contributed by atoms with Gasteiger partial charge in [-0.1, -0.05) is 37.4 Å². The SMILES string of the molecule is C[Si]1(C)CN(CCCN2CCN(c3ccccc3)CC2)C(=O)c2cccc(F)c21. The van der Waals surface area contributed by atoms with Crippen LogP contribution in [0.2, 0.25) is 13.1 Å². The van der Waals surface area contributed by atoms with Crippen molar-refractivity contribution in [3.63, 3.8) is 0 Å². The van der Waals surface area contributed by atoms with Crippen LogP contribution in [-0.4, -0.2) is 69.2 Å². The van der Waals surface area contributed by atoms with Crippen LogP contribution in [0.5, 0.6) is 0 Å². The lowest BCUT2D eigenvalue weighted by molar-refractivity contribution is 0.0768. The lowest BCUT2D eigenvalue weighted by Crippen LogP contribution is -2.61. The van der Waals surface area contributed by atoms with Crippen molar-refractivity contribution in [3.8, 4) is 0 Å². The Hall–Kier alpha value is -2.18. The predicted molar refractivity (Wildman–Crippen MR) is 119 cm³/mol. The molecular weight excluding hydrogens is 381 g/mol. The van der Waals surface area contributed by atoms with Crippen molar-refractivity contribution in [2.75, 3.05) is 50.3 Å². The van der Waals surface area contributed by atoms with E-state index in [2.05, 4.69) is 53.2 Å². The van der Waals surface area contributed by atoms with Crippen LogP contribution in [0.25, 0.3) is 0 Å². The molecule has 2 aromatic carbocycles. The number of hydrogen-bond acceptors (Lipinski definition) is 3. The van der Waals surface area contributed by atoms with Gasteiger partial charge in [-0.2, -0.15) is 0 Å². The molecular formula is C23H30FN3OSi. The summed E-state index contributed by atoms with van der Waals surface area (Å²) in [6, 6.07) is 15.5. The standard InChI is InChI=1S/C23H30FN3OSi/c1-29(2)18-27(23(28)20-10-6-11-21(24)22(20)29)13-7-12-25-14-16-26(17-15-25)19-8-4-3-5-9-19/h3-6,8-11H,7,12-18H2,1-2H3. The summed E-state index contributed by atoms with van der Waals surface area (Å²) in [6.07, 6.45) is 1.67. The molecule has 29 heavy (non-hydrogen) atoms. The predicted octanol–water partition coefficient (Wildman–Crippen LogP) is 2.95. The van der Waals surface area contributed by atoms with Gasteiger partial charge in [-0.25, -0.2) is 4.39 Å². The number of benzene rings is 2. The zero-order valence-electron chi connectivity index (χ0n) is 17.4. The van der Waals surface area contributed by atoms with Crippen molar-refractivity contribution in [3.05, 3.63) is 59.9 Å². The second kappa shape index (κ2) is 8.28. The maximum absolute atomic E-state index is 14.4.